The zero-order valence-corrected chi connectivity index (χ0v) is 12.3. The van der Waals surface area contributed by atoms with Crippen LogP contribution in [-0.2, 0) is 0 Å². The first-order valence-electron chi connectivity index (χ1n) is 6.52. The van der Waals surface area contributed by atoms with Gasteiger partial charge in [-0.05, 0) is 59.2 Å². The largest absolute Gasteiger partial charge is 0.369 e. The Bertz CT molecular complexity index is 384. The third-order valence-electron chi connectivity index (χ3n) is 4.13. The topological polar surface area (TPSA) is 24.9 Å². The maximum absolute atomic E-state index is 4.41. The number of aryl methyl sites for hydroxylation is 1. The molecule has 0 saturated heterocycles. The molecule has 0 radical (unpaired) electrons. The van der Waals surface area contributed by atoms with Gasteiger partial charge in [0, 0.05) is 12.7 Å². The third kappa shape index (κ3) is 2.82. The molecule has 1 heterocycles. The second kappa shape index (κ2) is 5.38. The molecular weight excluding hydrogens is 276 g/mol. The third-order valence-corrected chi connectivity index (χ3v) is 5.13. The molecule has 1 aliphatic carbocycles. The van der Waals surface area contributed by atoms with E-state index in [2.05, 4.69) is 40.1 Å². The normalized spacial score (nSPS) is 18.3. The number of nitrogens with one attached hydrogen (secondary N) is 1. The van der Waals surface area contributed by atoms with Crippen LogP contribution >= 0.6 is 15.9 Å². The molecule has 0 amide bonds. The van der Waals surface area contributed by atoms with E-state index >= 15 is 0 Å². The Morgan fingerprint density at radius 1 is 1.41 bits per heavy atom. The lowest BCUT2D eigenvalue weighted by molar-refractivity contribution is 0.306. The van der Waals surface area contributed by atoms with Gasteiger partial charge in [-0.15, -0.1) is 0 Å². The van der Waals surface area contributed by atoms with Crippen LogP contribution in [0.3, 0.4) is 0 Å². The molecule has 1 saturated carbocycles. The highest BCUT2D eigenvalue weighted by molar-refractivity contribution is 9.10. The van der Waals surface area contributed by atoms with Crippen molar-refractivity contribution in [3.8, 4) is 0 Å². The van der Waals surface area contributed by atoms with Gasteiger partial charge in [0.15, 0.2) is 0 Å². The van der Waals surface area contributed by atoms with Crippen molar-refractivity contribution in [3.05, 3.63) is 22.3 Å². The molecule has 3 heteroatoms. The number of anilines is 1. The van der Waals surface area contributed by atoms with Gasteiger partial charge in [0.2, 0.25) is 0 Å². The van der Waals surface area contributed by atoms with Crippen molar-refractivity contribution >= 4 is 21.7 Å². The maximum Gasteiger partial charge on any atom is 0.140 e. The number of hydrogen-bond donors (Lipinski definition) is 1. The van der Waals surface area contributed by atoms with Gasteiger partial charge in [-0.3, -0.25) is 0 Å². The standard InChI is InChI=1S/C14H21BrN2/c1-3-14(7-4-5-8-14)10-17-13-12(15)11(2)6-9-16-13/h6,9H,3-5,7-8,10H2,1-2H3,(H,16,17). The van der Waals surface area contributed by atoms with Gasteiger partial charge in [-0.1, -0.05) is 19.8 Å². The summed E-state index contributed by atoms with van der Waals surface area (Å²) >= 11 is 3.60. The lowest BCUT2D eigenvalue weighted by Crippen LogP contribution is -2.26. The highest BCUT2D eigenvalue weighted by Crippen LogP contribution is 2.41. The monoisotopic (exact) mass is 296 g/mol. The SMILES string of the molecule is CCC1(CNc2nccc(C)c2Br)CCCC1. The Kier molecular flexibility index (Phi) is 4.08. The highest BCUT2D eigenvalue weighted by Gasteiger charge is 2.31. The van der Waals surface area contributed by atoms with Crippen molar-refractivity contribution < 1.29 is 0 Å². The Hall–Kier alpha value is -0.570. The van der Waals surface area contributed by atoms with Gasteiger partial charge in [-0.25, -0.2) is 4.98 Å². The van der Waals surface area contributed by atoms with Crippen molar-refractivity contribution in [2.45, 2.75) is 46.0 Å². The first-order valence-corrected chi connectivity index (χ1v) is 7.31. The van der Waals surface area contributed by atoms with E-state index in [0.717, 1.165) is 16.8 Å². The molecule has 2 nitrogen and oxygen atoms in total. The maximum atomic E-state index is 4.41. The average molecular weight is 297 g/mol. The minimum atomic E-state index is 0.505. The average Bonchev–Trinajstić information content (AvgIpc) is 2.81. The minimum Gasteiger partial charge on any atom is -0.369 e. The van der Waals surface area contributed by atoms with Crippen LogP contribution in [0.2, 0.25) is 0 Å². The first-order chi connectivity index (χ1) is 8.17. The van der Waals surface area contributed by atoms with Crippen molar-refractivity contribution in [1.29, 1.82) is 0 Å². The summed E-state index contributed by atoms with van der Waals surface area (Å²) in [4.78, 5) is 4.41. The van der Waals surface area contributed by atoms with Crippen LogP contribution in [0.1, 0.15) is 44.6 Å². The molecule has 0 atom stereocenters. The number of nitrogens with zero attached hydrogens (tertiary/aromatic N) is 1. The molecular formula is C14H21BrN2. The zero-order valence-electron chi connectivity index (χ0n) is 10.7. The number of pyridine rings is 1. The van der Waals surface area contributed by atoms with Gasteiger partial charge in [-0.2, -0.15) is 0 Å². The van der Waals surface area contributed by atoms with E-state index in [1.165, 1.54) is 37.7 Å². The molecule has 0 aromatic carbocycles. The minimum absolute atomic E-state index is 0.505. The van der Waals surface area contributed by atoms with Crippen molar-refractivity contribution in [1.82, 2.24) is 4.98 Å². The second-order valence-electron chi connectivity index (χ2n) is 5.20. The van der Waals surface area contributed by atoms with Crippen LogP contribution < -0.4 is 5.32 Å². The lowest BCUT2D eigenvalue weighted by Gasteiger charge is -2.28. The molecule has 0 spiro atoms. The molecule has 0 unspecified atom stereocenters. The first kappa shape index (κ1) is 12.9. The van der Waals surface area contributed by atoms with Crippen molar-refractivity contribution in [2.24, 2.45) is 5.41 Å². The van der Waals surface area contributed by atoms with Crippen LogP contribution in [0.4, 0.5) is 5.82 Å². The predicted octanol–water partition coefficient (Wildman–Crippen LogP) is 4.53. The number of hydrogen-bond acceptors (Lipinski definition) is 2. The fraction of sp³-hybridized carbons (Fsp3) is 0.643. The fourth-order valence-corrected chi connectivity index (χ4v) is 3.09. The van der Waals surface area contributed by atoms with Gasteiger partial charge in [0.05, 0.1) is 4.47 Å². The molecule has 1 aliphatic rings. The molecule has 1 N–H and O–H groups in total. The fourth-order valence-electron chi connectivity index (χ4n) is 2.72. The van der Waals surface area contributed by atoms with E-state index in [0.29, 0.717) is 5.41 Å². The van der Waals surface area contributed by atoms with E-state index in [1.807, 2.05) is 12.3 Å². The number of rotatable bonds is 4. The summed E-state index contributed by atoms with van der Waals surface area (Å²) in [6, 6.07) is 2.03. The Morgan fingerprint density at radius 3 is 2.76 bits per heavy atom. The summed E-state index contributed by atoms with van der Waals surface area (Å²) in [5.74, 6) is 0.990. The van der Waals surface area contributed by atoms with Gasteiger partial charge < -0.3 is 5.32 Å². The van der Waals surface area contributed by atoms with E-state index in [1.54, 1.807) is 0 Å². The Morgan fingerprint density at radius 2 is 2.12 bits per heavy atom. The summed E-state index contributed by atoms with van der Waals surface area (Å²) < 4.78 is 1.10. The highest BCUT2D eigenvalue weighted by atomic mass is 79.9. The molecule has 0 aliphatic heterocycles. The molecule has 1 fully saturated rings. The second-order valence-corrected chi connectivity index (χ2v) is 6.00. The lowest BCUT2D eigenvalue weighted by atomic mass is 9.83. The molecule has 2 rings (SSSR count). The Labute approximate surface area is 112 Å². The smallest absolute Gasteiger partial charge is 0.140 e. The molecule has 1 aromatic rings. The van der Waals surface area contributed by atoms with E-state index in [4.69, 9.17) is 0 Å². The molecule has 94 valence electrons. The van der Waals surface area contributed by atoms with Crippen LogP contribution in [0.25, 0.3) is 0 Å². The summed E-state index contributed by atoms with van der Waals surface area (Å²) in [6.45, 7) is 5.46. The van der Waals surface area contributed by atoms with E-state index in [-0.39, 0.29) is 0 Å². The van der Waals surface area contributed by atoms with Crippen LogP contribution in [-0.4, -0.2) is 11.5 Å². The zero-order chi connectivity index (χ0) is 12.3. The van der Waals surface area contributed by atoms with Gasteiger partial charge in [0.25, 0.3) is 0 Å². The van der Waals surface area contributed by atoms with Crippen LogP contribution in [0.5, 0.6) is 0 Å². The van der Waals surface area contributed by atoms with Crippen molar-refractivity contribution in [2.75, 3.05) is 11.9 Å². The van der Waals surface area contributed by atoms with Crippen molar-refractivity contribution in [3.63, 3.8) is 0 Å². The van der Waals surface area contributed by atoms with E-state index < -0.39 is 0 Å². The molecule has 1 aromatic heterocycles. The predicted molar refractivity (Wildman–Crippen MR) is 76.4 cm³/mol. The Balaban J connectivity index is 2.04. The van der Waals surface area contributed by atoms with Crippen LogP contribution in [0, 0.1) is 12.3 Å². The van der Waals surface area contributed by atoms with Gasteiger partial charge >= 0.3 is 0 Å². The summed E-state index contributed by atoms with van der Waals surface area (Å²) in [7, 11) is 0. The van der Waals surface area contributed by atoms with E-state index in [9.17, 15) is 0 Å². The summed E-state index contributed by atoms with van der Waals surface area (Å²) in [6.07, 6.45) is 8.63. The summed E-state index contributed by atoms with van der Waals surface area (Å²) in [5, 5.41) is 3.53. The number of halogens is 1. The molecule has 17 heavy (non-hydrogen) atoms. The summed E-state index contributed by atoms with van der Waals surface area (Å²) in [5.41, 5.74) is 1.74. The van der Waals surface area contributed by atoms with Gasteiger partial charge in [0.1, 0.15) is 5.82 Å². The molecule has 0 bridgehead atoms. The van der Waals surface area contributed by atoms with Crippen LogP contribution in [0.15, 0.2) is 16.7 Å². The number of aromatic nitrogens is 1. The quantitative estimate of drug-likeness (QED) is 0.883.